The monoisotopic (exact) mass is 202 g/mol. The highest BCUT2D eigenvalue weighted by Crippen LogP contribution is 2.07. The molecule has 0 N–H and O–H groups in total. The van der Waals surface area contributed by atoms with Gasteiger partial charge in [-0.3, -0.25) is 0 Å². The van der Waals surface area contributed by atoms with E-state index in [0.29, 0.717) is 0 Å². The molecule has 0 aromatic heterocycles. The minimum atomic E-state index is 0.741. The molecule has 0 amide bonds. The second-order valence-electron chi connectivity index (χ2n) is 2.97. The molecule has 0 fully saturated rings. The second-order valence-corrected chi connectivity index (χ2v) is 4.09. The zero-order chi connectivity index (χ0) is 8.20. The topological polar surface area (TPSA) is 0 Å². The van der Waals surface area contributed by atoms with E-state index < -0.39 is 0 Å². The first-order valence-electron chi connectivity index (χ1n) is 3.07. The normalized spacial score (nSPS) is 10.6. The van der Waals surface area contributed by atoms with Crippen molar-refractivity contribution >= 4 is 15.9 Å². The van der Waals surface area contributed by atoms with Crippen molar-refractivity contribution in [3.63, 3.8) is 0 Å². The summed E-state index contributed by atoms with van der Waals surface area (Å²) in [5.41, 5.74) is 0. The van der Waals surface area contributed by atoms with E-state index in [0.717, 1.165) is 22.1 Å². The predicted octanol–water partition coefficient (Wildman–Crippen LogP) is 1.60. The molecular weight excluding hydrogens is 190 g/mol. The van der Waals surface area contributed by atoms with Gasteiger partial charge in [-0.2, -0.15) is 0 Å². The van der Waals surface area contributed by atoms with E-state index in [1.165, 1.54) is 0 Å². The van der Waals surface area contributed by atoms with Gasteiger partial charge in [-0.15, -0.1) is 6.42 Å². The molecule has 0 aromatic rings. The molecule has 0 bridgehead atoms. The summed E-state index contributed by atoms with van der Waals surface area (Å²) in [4.78, 5) is 0. The van der Waals surface area contributed by atoms with Gasteiger partial charge >= 0.3 is 0 Å². The van der Waals surface area contributed by atoms with Gasteiger partial charge in [0.2, 0.25) is 0 Å². The summed E-state index contributed by atoms with van der Waals surface area (Å²) in [7, 11) is 4.15. The van der Waals surface area contributed by atoms with Gasteiger partial charge in [-0.05, 0) is 5.92 Å². The highest BCUT2D eigenvalue weighted by atomic mass is 79.9. The second kappa shape index (κ2) is 3.80. The molecule has 0 rings (SSSR count). The smallest absolute Gasteiger partial charge is 0.140 e. The lowest BCUT2D eigenvalue weighted by Gasteiger charge is -2.26. The van der Waals surface area contributed by atoms with Crippen LogP contribution in [-0.4, -0.2) is 31.7 Å². The molecule has 1 nitrogen and oxygen atoms in total. The molecular formula is C8H13BrN+. The largest absolute Gasteiger partial charge is 0.314 e. The highest BCUT2D eigenvalue weighted by Gasteiger charge is 2.12. The Morgan fingerprint density at radius 2 is 2.20 bits per heavy atom. The molecule has 0 aliphatic heterocycles. The number of terminal acetylenes is 1. The Morgan fingerprint density at radius 3 is 2.50 bits per heavy atom. The molecule has 0 radical (unpaired) electrons. The summed E-state index contributed by atoms with van der Waals surface area (Å²) in [5.74, 6) is 2.62. The van der Waals surface area contributed by atoms with Crippen molar-refractivity contribution < 1.29 is 4.48 Å². The number of rotatable bonds is 3. The first-order chi connectivity index (χ1) is 4.48. The van der Waals surface area contributed by atoms with E-state index in [9.17, 15) is 0 Å². The third-order valence-electron chi connectivity index (χ3n) is 1.12. The van der Waals surface area contributed by atoms with Crippen molar-refractivity contribution in [1.82, 2.24) is 0 Å². The van der Waals surface area contributed by atoms with E-state index in [-0.39, 0.29) is 0 Å². The SMILES string of the molecule is C#CC[N+](C)(C)CC(=C)Br. The fourth-order valence-corrected chi connectivity index (χ4v) is 1.45. The number of quaternary nitrogens is 1. The summed E-state index contributed by atoms with van der Waals surface area (Å²) < 4.78 is 1.79. The fourth-order valence-electron chi connectivity index (χ4n) is 0.767. The van der Waals surface area contributed by atoms with E-state index >= 15 is 0 Å². The van der Waals surface area contributed by atoms with Crippen molar-refractivity contribution in [1.29, 1.82) is 0 Å². The quantitative estimate of drug-likeness (QED) is 0.482. The minimum absolute atomic E-state index is 0.741. The van der Waals surface area contributed by atoms with Gasteiger partial charge in [-0.1, -0.05) is 22.5 Å². The van der Waals surface area contributed by atoms with Crippen LogP contribution in [0.4, 0.5) is 0 Å². The summed E-state index contributed by atoms with van der Waals surface area (Å²) >= 11 is 3.30. The lowest BCUT2D eigenvalue weighted by atomic mass is 10.4. The predicted molar refractivity (Wildman–Crippen MR) is 48.7 cm³/mol. The van der Waals surface area contributed by atoms with Gasteiger partial charge in [0.15, 0.2) is 0 Å². The molecule has 0 atom stereocenters. The molecule has 0 heterocycles. The molecule has 0 aliphatic rings. The Bertz CT molecular complexity index is 165. The Morgan fingerprint density at radius 1 is 1.70 bits per heavy atom. The van der Waals surface area contributed by atoms with Gasteiger partial charge in [0.05, 0.1) is 14.1 Å². The maximum atomic E-state index is 5.18. The van der Waals surface area contributed by atoms with Crippen LogP contribution in [0.25, 0.3) is 0 Å². The molecule has 2 heteroatoms. The molecule has 10 heavy (non-hydrogen) atoms. The van der Waals surface area contributed by atoms with Crippen LogP contribution in [0.2, 0.25) is 0 Å². The van der Waals surface area contributed by atoms with Crippen molar-refractivity contribution in [2.24, 2.45) is 0 Å². The third kappa shape index (κ3) is 4.60. The van der Waals surface area contributed by atoms with Crippen LogP contribution in [0.15, 0.2) is 11.1 Å². The Labute approximate surface area is 71.4 Å². The highest BCUT2D eigenvalue weighted by molar-refractivity contribution is 9.11. The molecule has 56 valence electrons. The van der Waals surface area contributed by atoms with Crippen molar-refractivity contribution in [3.8, 4) is 12.3 Å². The summed E-state index contributed by atoms with van der Waals surface area (Å²) in [5, 5.41) is 0. The van der Waals surface area contributed by atoms with Gasteiger partial charge in [0, 0.05) is 4.48 Å². The Hall–Kier alpha value is -0.260. The van der Waals surface area contributed by atoms with Crippen molar-refractivity contribution in [2.45, 2.75) is 0 Å². The molecule has 0 unspecified atom stereocenters. The Balaban J connectivity index is 3.89. The third-order valence-corrected chi connectivity index (χ3v) is 1.37. The summed E-state index contributed by atoms with van der Waals surface area (Å²) in [6.07, 6.45) is 5.18. The fraction of sp³-hybridized carbons (Fsp3) is 0.500. The summed E-state index contributed by atoms with van der Waals surface area (Å²) in [6, 6.07) is 0. The van der Waals surface area contributed by atoms with Gasteiger partial charge in [0.1, 0.15) is 13.1 Å². The van der Waals surface area contributed by atoms with Crippen LogP contribution in [0, 0.1) is 12.3 Å². The zero-order valence-electron chi connectivity index (χ0n) is 6.52. The van der Waals surface area contributed by atoms with Crippen molar-refractivity contribution in [3.05, 3.63) is 11.1 Å². The van der Waals surface area contributed by atoms with Crippen LogP contribution in [0.3, 0.4) is 0 Å². The van der Waals surface area contributed by atoms with Gasteiger partial charge in [0.25, 0.3) is 0 Å². The average molecular weight is 203 g/mol. The first kappa shape index (κ1) is 9.74. The number of likely N-dealkylation sites (N-methyl/N-ethyl adjacent to an activating group) is 1. The van der Waals surface area contributed by atoms with E-state index in [4.69, 9.17) is 6.42 Å². The standard InChI is InChI=1S/C8H13BrN/c1-5-6-10(3,4)7-8(2)9/h1H,2,6-7H2,3-4H3/q+1. The maximum Gasteiger partial charge on any atom is 0.140 e. The number of nitrogens with zero attached hydrogens (tertiary/aromatic N) is 1. The van der Waals surface area contributed by atoms with E-state index in [2.05, 4.69) is 42.5 Å². The Kier molecular flexibility index (Phi) is 3.70. The number of halogens is 1. The van der Waals surface area contributed by atoms with Crippen molar-refractivity contribution in [2.75, 3.05) is 27.2 Å². The number of hydrogen-bond acceptors (Lipinski definition) is 0. The molecule has 0 aromatic carbocycles. The maximum absolute atomic E-state index is 5.18. The minimum Gasteiger partial charge on any atom is -0.314 e. The van der Waals surface area contributed by atoms with Crippen LogP contribution < -0.4 is 0 Å². The van der Waals surface area contributed by atoms with Crippen LogP contribution in [0.1, 0.15) is 0 Å². The van der Waals surface area contributed by atoms with E-state index in [1.807, 2.05) is 0 Å². The van der Waals surface area contributed by atoms with Crippen LogP contribution in [-0.2, 0) is 0 Å². The first-order valence-corrected chi connectivity index (χ1v) is 3.86. The lowest BCUT2D eigenvalue weighted by Crippen LogP contribution is -2.40. The van der Waals surface area contributed by atoms with Gasteiger partial charge < -0.3 is 4.48 Å². The molecule has 0 aliphatic carbocycles. The summed E-state index contributed by atoms with van der Waals surface area (Å²) in [6.45, 7) is 5.37. The molecule has 0 saturated carbocycles. The average Bonchev–Trinajstić information content (AvgIpc) is 1.59. The van der Waals surface area contributed by atoms with Gasteiger partial charge in [-0.25, -0.2) is 0 Å². The van der Waals surface area contributed by atoms with Crippen LogP contribution >= 0.6 is 15.9 Å². The van der Waals surface area contributed by atoms with E-state index in [1.54, 1.807) is 0 Å². The zero-order valence-corrected chi connectivity index (χ0v) is 8.11. The number of hydrogen-bond donors (Lipinski definition) is 0. The molecule has 0 saturated heterocycles. The van der Waals surface area contributed by atoms with Crippen LogP contribution in [0.5, 0.6) is 0 Å². The molecule has 0 spiro atoms. The lowest BCUT2D eigenvalue weighted by molar-refractivity contribution is -0.877.